The molecule has 0 saturated heterocycles. The molecule has 1 aromatic heterocycles. The zero-order valence-electron chi connectivity index (χ0n) is 22.6. The number of rotatable bonds is 7. The third-order valence-electron chi connectivity index (χ3n) is 6.49. The average Bonchev–Trinajstić information content (AvgIpc) is 3.50. The summed E-state index contributed by atoms with van der Waals surface area (Å²) >= 11 is 12.3. The first-order valence-corrected chi connectivity index (χ1v) is 15.0. The van der Waals surface area contributed by atoms with Crippen LogP contribution in [0.15, 0.2) is 59.6 Å². The number of sulfonamides is 1. The quantitative estimate of drug-likeness (QED) is 0.226. The molecule has 4 aromatic rings. The van der Waals surface area contributed by atoms with E-state index < -0.39 is 26.3 Å². The Morgan fingerprint density at radius 3 is 2.59 bits per heavy atom. The van der Waals surface area contributed by atoms with Gasteiger partial charge in [-0.05, 0) is 61.7 Å². The molecule has 2 N–H and O–H groups in total. The van der Waals surface area contributed by atoms with Gasteiger partial charge in [-0.2, -0.15) is 0 Å². The van der Waals surface area contributed by atoms with Gasteiger partial charge in [0.15, 0.2) is 11.6 Å². The lowest BCUT2D eigenvalue weighted by Crippen LogP contribution is -2.33. The Labute approximate surface area is 247 Å². The lowest BCUT2D eigenvalue weighted by Gasteiger charge is -2.24. The summed E-state index contributed by atoms with van der Waals surface area (Å²) in [6.07, 6.45) is 1.57. The number of hydrogen-bond acceptors (Lipinski definition) is 5. The second kappa shape index (κ2) is 11.1. The van der Waals surface area contributed by atoms with E-state index in [2.05, 4.69) is 9.71 Å². The summed E-state index contributed by atoms with van der Waals surface area (Å²) < 4.78 is 55.2. The Hall–Kier alpha value is -3.47. The van der Waals surface area contributed by atoms with Crippen molar-refractivity contribution in [2.75, 3.05) is 11.3 Å². The molecular weight excluding hydrogens is 592 g/mol. The summed E-state index contributed by atoms with van der Waals surface area (Å²) in [6.45, 7) is 6.50. The van der Waals surface area contributed by atoms with Gasteiger partial charge in [0, 0.05) is 31.1 Å². The van der Waals surface area contributed by atoms with Crippen molar-refractivity contribution in [1.29, 1.82) is 0 Å². The highest BCUT2D eigenvalue weighted by Crippen LogP contribution is 2.36. The molecule has 2 heterocycles. The number of halogens is 3. The fourth-order valence-electron chi connectivity index (χ4n) is 4.60. The second-order valence-corrected chi connectivity index (χ2v) is 13.2. The van der Waals surface area contributed by atoms with E-state index in [1.54, 1.807) is 4.90 Å². The lowest BCUT2D eigenvalue weighted by atomic mass is 10.0. The summed E-state index contributed by atoms with van der Waals surface area (Å²) in [5, 5.41) is 1.13. The Morgan fingerprint density at radius 1 is 1.07 bits per heavy atom. The van der Waals surface area contributed by atoms with E-state index in [1.807, 2.05) is 39.0 Å². The number of hydrogen-bond donors (Lipinski definition) is 2. The Bertz CT molecular complexity index is 1750. The summed E-state index contributed by atoms with van der Waals surface area (Å²) in [5.74, 6) is -1.19. The lowest BCUT2D eigenvalue weighted by molar-refractivity contribution is 0.0241. The Morgan fingerprint density at radius 2 is 1.83 bits per heavy atom. The number of amides is 1. The van der Waals surface area contributed by atoms with Crippen LogP contribution in [0, 0.1) is 5.82 Å². The van der Waals surface area contributed by atoms with Crippen LogP contribution in [0.5, 0.6) is 5.75 Å². The highest BCUT2D eigenvalue weighted by Gasteiger charge is 2.28. The van der Waals surface area contributed by atoms with Crippen LogP contribution >= 0.6 is 23.2 Å². The first-order chi connectivity index (χ1) is 19.3. The molecule has 0 bridgehead atoms. The van der Waals surface area contributed by atoms with Crippen molar-refractivity contribution in [3.05, 3.63) is 87.3 Å². The molecule has 0 fully saturated rings. The minimum Gasteiger partial charge on any atom is -0.490 e. The maximum atomic E-state index is 15.4. The average molecular weight is 621 g/mol. The van der Waals surface area contributed by atoms with Crippen LogP contribution in [-0.2, 0) is 34.3 Å². The van der Waals surface area contributed by atoms with E-state index in [4.69, 9.17) is 32.7 Å². The number of carbonyl (C=O) groups is 1. The van der Waals surface area contributed by atoms with Gasteiger partial charge in [0.2, 0.25) is 0 Å². The molecule has 41 heavy (non-hydrogen) atoms. The molecule has 5 rings (SSSR count). The maximum absolute atomic E-state index is 15.4. The number of aromatic nitrogens is 1. The summed E-state index contributed by atoms with van der Waals surface area (Å²) in [4.78, 5) is 16.4. The van der Waals surface area contributed by atoms with Crippen molar-refractivity contribution in [3.8, 4) is 5.75 Å². The molecule has 0 spiro atoms. The zero-order valence-corrected chi connectivity index (χ0v) is 24.9. The SMILES string of the molecule is CC(C)(C)OC(=O)N1Cc2ccc(CCOc3cccc(S(=O)(=O)Nc4ccc(Cl)c5c(Cl)c[nH]c45)c3F)cc2C1. The predicted octanol–water partition coefficient (Wildman–Crippen LogP) is 7.29. The van der Waals surface area contributed by atoms with E-state index in [1.165, 1.54) is 30.5 Å². The standard InChI is InChI=1S/C29H28Cl2FN3O5S/c1-29(2,3)40-28(36)35-15-18-8-7-17(13-19(18)16-35)11-12-39-23-5-4-6-24(26(23)32)41(37,38)34-22-10-9-20(30)25-21(31)14-33-27(22)25/h4-10,13-14,33-34H,11-12,15-16H2,1-3H3. The van der Waals surface area contributed by atoms with Gasteiger partial charge in [-0.15, -0.1) is 0 Å². The van der Waals surface area contributed by atoms with Gasteiger partial charge >= 0.3 is 6.09 Å². The summed E-state index contributed by atoms with van der Waals surface area (Å²) in [7, 11) is -4.32. The number of ether oxygens (including phenoxy) is 2. The van der Waals surface area contributed by atoms with Gasteiger partial charge in [-0.3, -0.25) is 9.62 Å². The number of anilines is 1. The molecular formula is C29H28Cl2FN3O5S. The van der Waals surface area contributed by atoms with Crippen molar-refractivity contribution < 1.29 is 27.1 Å². The van der Waals surface area contributed by atoms with Crippen LogP contribution in [-0.4, -0.2) is 36.6 Å². The van der Waals surface area contributed by atoms with Crippen molar-refractivity contribution in [3.63, 3.8) is 0 Å². The largest absolute Gasteiger partial charge is 0.490 e. The van der Waals surface area contributed by atoms with Crippen LogP contribution in [0.3, 0.4) is 0 Å². The first-order valence-electron chi connectivity index (χ1n) is 12.8. The molecule has 0 atom stereocenters. The van der Waals surface area contributed by atoms with Crippen molar-refractivity contribution in [2.45, 2.75) is 50.8 Å². The number of fused-ring (bicyclic) bond motifs is 2. The molecule has 216 valence electrons. The number of nitrogens with zero attached hydrogens (tertiary/aromatic N) is 1. The fourth-order valence-corrected chi connectivity index (χ4v) is 6.32. The van der Waals surface area contributed by atoms with Crippen LogP contribution in [0.1, 0.15) is 37.5 Å². The molecule has 0 aliphatic carbocycles. The van der Waals surface area contributed by atoms with Crippen LogP contribution < -0.4 is 9.46 Å². The number of carbonyl (C=O) groups excluding carboxylic acids is 1. The normalized spacial score (nSPS) is 13.4. The highest BCUT2D eigenvalue weighted by molar-refractivity contribution is 7.92. The smallest absolute Gasteiger partial charge is 0.410 e. The molecule has 1 aliphatic rings. The number of H-pyrrole nitrogens is 1. The van der Waals surface area contributed by atoms with Crippen LogP contribution in [0.25, 0.3) is 10.9 Å². The summed E-state index contributed by atoms with van der Waals surface area (Å²) in [5.41, 5.74) is 2.97. The fraction of sp³-hybridized carbons (Fsp3) is 0.276. The topological polar surface area (TPSA) is 101 Å². The molecule has 12 heteroatoms. The molecule has 0 saturated carbocycles. The number of nitrogens with one attached hydrogen (secondary N) is 2. The van der Waals surface area contributed by atoms with Crippen molar-refractivity contribution in [2.24, 2.45) is 0 Å². The van der Waals surface area contributed by atoms with Gasteiger partial charge in [0.25, 0.3) is 10.0 Å². The van der Waals surface area contributed by atoms with Crippen LogP contribution in [0.4, 0.5) is 14.9 Å². The minimum atomic E-state index is -4.32. The van der Waals surface area contributed by atoms with E-state index >= 15 is 4.39 Å². The molecule has 1 aliphatic heterocycles. The molecule has 0 unspecified atom stereocenters. The van der Waals surface area contributed by atoms with Crippen molar-refractivity contribution in [1.82, 2.24) is 9.88 Å². The molecule has 0 radical (unpaired) electrons. The number of aromatic amines is 1. The minimum absolute atomic E-state index is 0.112. The third kappa shape index (κ3) is 6.24. The Kier molecular flexibility index (Phi) is 7.84. The molecule has 3 aromatic carbocycles. The van der Waals surface area contributed by atoms with Gasteiger partial charge < -0.3 is 14.5 Å². The maximum Gasteiger partial charge on any atom is 0.410 e. The van der Waals surface area contributed by atoms with Crippen molar-refractivity contribution >= 4 is 55.9 Å². The van der Waals surface area contributed by atoms with E-state index in [0.29, 0.717) is 40.5 Å². The zero-order chi connectivity index (χ0) is 29.5. The van der Waals surface area contributed by atoms with Crippen LogP contribution in [0.2, 0.25) is 10.0 Å². The van der Waals surface area contributed by atoms with Gasteiger partial charge in [-0.25, -0.2) is 17.6 Å². The monoisotopic (exact) mass is 619 g/mol. The summed E-state index contributed by atoms with van der Waals surface area (Å²) in [6, 6.07) is 12.8. The first kappa shape index (κ1) is 29.0. The highest BCUT2D eigenvalue weighted by atomic mass is 35.5. The van der Waals surface area contributed by atoms with E-state index in [0.717, 1.165) is 22.8 Å². The van der Waals surface area contributed by atoms with E-state index in [9.17, 15) is 13.2 Å². The van der Waals surface area contributed by atoms with Gasteiger partial charge in [-0.1, -0.05) is 47.5 Å². The second-order valence-electron chi connectivity index (χ2n) is 10.7. The van der Waals surface area contributed by atoms with E-state index in [-0.39, 0.29) is 24.1 Å². The molecule has 8 nitrogen and oxygen atoms in total. The van der Waals surface area contributed by atoms with Gasteiger partial charge in [0.05, 0.1) is 27.9 Å². The Balaban J connectivity index is 1.25. The molecule has 1 amide bonds. The van der Waals surface area contributed by atoms with Gasteiger partial charge in [0.1, 0.15) is 10.5 Å². The third-order valence-corrected chi connectivity index (χ3v) is 8.49. The number of benzene rings is 3. The predicted molar refractivity (Wildman–Crippen MR) is 157 cm³/mol.